The van der Waals surface area contributed by atoms with Crippen LogP contribution in [0.15, 0.2) is 0 Å². The van der Waals surface area contributed by atoms with E-state index in [1.165, 1.54) is 20.9 Å². The van der Waals surface area contributed by atoms with Gasteiger partial charge in [0.1, 0.15) is 73.2 Å². The van der Waals surface area contributed by atoms with Gasteiger partial charge in [0, 0.05) is 38.3 Å². The lowest BCUT2D eigenvalue weighted by molar-refractivity contribution is -0.391. The SMILES string of the molecule is C[C@@H]1C(O)C[C@](O[C@H](CO)[C@@H](O)[C@@H]2O[C@@](O[C@@H]3C(O)[C@H](O[C@@H]4C(CO)O[C@@H](N(C)OCCN)C(O)[C@H]4O)OC(CO)[C@@H]3O)(C(=O)O)CC(O)[C@H]2C)(C(=O)O)O[C@H]1[C@H](O)[C@H](O)CO. The van der Waals surface area contributed by atoms with Gasteiger partial charge in [-0.15, -0.1) is 0 Å². The average Bonchev–Trinajstić information content (AvgIpc) is 3.24. The highest BCUT2D eigenvalue weighted by Crippen LogP contribution is 2.42. The summed E-state index contributed by atoms with van der Waals surface area (Å²) in [5.41, 5.74) is 5.44. The highest BCUT2D eigenvalue weighted by Gasteiger charge is 2.61. The minimum atomic E-state index is -3.13. The number of hydroxylamine groups is 2. The maximum Gasteiger partial charge on any atom is 0.364 e. The number of ether oxygens (including phenoxy) is 7. The molecule has 4 heterocycles. The molecule has 4 saturated heterocycles. The number of likely N-dealkylation sites (N-methyl/N-ethyl adjacent to an activating group) is 1. The van der Waals surface area contributed by atoms with Crippen molar-refractivity contribution in [1.82, 2.24) is 5.06 Å². The van der Waals surface area contributed by atoms with Gasteiger partial charge < -0.3 is 115 Å². The molecule has 4 aliphatic rings. The van der Waals surface area contributed by atoms with Crippen LogP contribution in [0.25, 0.3) is 0 Å². The summed E-state index contributed by atoms with van der Waals surface area (Å²) in [6, 6.07) is 0. The van der Waals surface area contributed by atoms with Crippen molar-refractivity contribution < 1.29 is 124 Å². The van der Waals surface area contributed by atoms with Gasteiger partial charge in [-0.05, 0) is 0 Å². The van der Waals surface area contributed by atoms with E-state index in [0.29, 0.717) is 0 Å². The van der Waals surface area contributed by atoms with Crippen molar-refractivity contribution in [3.63, 3.8) is 0 Å². The molecule has 4 rings (SSSR count). The summed E-state index contributed by atoms with van der Waals surface area (Å²) in [5, 5.41) is 161. The fraction of sp³-hybridized carbons (Fsp3) is 0.943. The summed E-state index contributed by atoms with van der Waals surface area (Å²) >= 11 is 0. The molecule has 27 heteroatoms. The predicted octanol–water partition coefficient (Wildman–Crippen LogP) is -8.96. The molecule has 0 aromatic heterocycles. The summed E-state index contributed by atoms with van der Waals surface area (Å²) in [7, 11) is 1.34. The van der Waals surface area contributed by atoms with E-state index in [2.05, 4.69) is 0 Å². The van der Waals surface area contributed by atoms with Gasteiger partial charge >= 0.3 is 11.9 Å². The van der Waals surface area contributed by atoms with Gasteiger partial charge in [-0.1, -0.05) is 13.8 Å². The van der Waals surface area contributed by atoms with Crippen LogP contribution >= 0.6 is 0 Å². The zero-order valence-corrected chi connectivity index (χ0v) is 34.0. The summed E-state index contributed by atoms with van der Waals surface area (Å²) in [5.74, 6) is -12.4. The second-order valence-corrected chi connectivity index (χ2v) is 15.9. The smallest absolute Gasteiger partial charge is 0.364 e. The fourth-order valence-electron chi connectivity index (χ4n) is 7.88. The first-order chi connectivity index (χ1) is 29.1. The Bertz CT molecular complexity index is 1440. The van der Waals surface area contributed by atoms with Gasteiger partial charge in [0.15, 0.2) is 12.5 Å². The minimum Gasteiger partial charge on any atom is -0.477 e. The maximum atomic E-state index is 13.1. The fourth-order valence-corrected chi connectivity index (χ4v) is 7.88. The van der Waals surface area contributed by atoms with E-state index >= 15 is 0 Å². The van der Waals surface area contributed by atoms with E-state index in [0.717, 1.165) is 5.06 Å². The van der Waals surface area contributed by atoms with Crippen LogP contribution in [0.5, 0.6) is 0 Å². The van der Waals surface area contributed by atoms with Gasteiger partial charge in [-0.3, -0.25) is 4.84 Å². The number of nitrogens with zero attached hydrogens (tertiary/aromatic N) is 1. The van der Waals surface area contributed by atoms with Crippen molar-refractivity contribution in [3.8, 4) is 0 Å². The zero-order chi connectivity index (χ0) is 46.6. The molecule has 27 nitrogen and oxygen atoms in total. The second-order valence-electron chi connectivity index (χ2n) is 15.9. The normalized spacial score (nSPS) is 43.8. The van der Waals surface area contributed by atoms with E-state index in [4.69, 9.17) is 43.7 Å². The van der Waals surface area contributed by atoms with Gasteiger partial charge in [-0.2, -0.15) is 5.06 Å². The first-order valence-corrected chi connectivity index (χ1v) is 19.8. The van der Waals surface area contributed by atoms with Crippen molar-refractivity contribution >= 4 is 11.9 Å². The van der Waals surface area contributed by atoms with E-state index in [9.17, 15) is 86.2 Å². The third-order valence-electron chi connectivity index (χ3n) is 11.7. The molecule has 0 aromatic carbocycles. The van der Waals surface area contributed by atoms with E-state index in [1.807, 2.05) is 0 Å². The van der Waals surface area contributed by atoms with Crippen LogP contribution in [0.4, 0.5) is 0 Å². The molecule has 0 amide bonds. The number of aliphatic carboxylic acids is 2. The highest BCUT2D eigenvalue weighted by molar-refractivity contribution is 5.76. The van der Waals surface area contributed by atoms with Gasteiger partial charge in [0.2, 0.25) is 0 Å². The number of carbonyl (C=O) groups is 2. The molecular formula is C35H62N2O25. The van der Waals surface area contributed by atoms with Crippen molar-refractivity contribution in [3.05, 3.63) is 0 Å². The van der Waals surface area contributed by atoms with Crippen LogP contribution < -0.4 is 5.73 Å². The largest absolute Gasteiger partial charge is 0.477 e. The Balaban J connectivity index is 1.61. The average molecular weight is 911 g/mol. The van der Waals surface area contributed by atoms with Crippen LogP contribution in [-0.2, 0) is 47.6 Å². The summed E-state index contributed by atoms with van der Waals surface area (Å²) in [6.45, 7) is -1.47. The molecule has 4 fully saturated rings. The Morgan fingerprint density at radius 1 is 0.742 bits per heavy atom. The monoisotopic (exact) mass is 910 g/mol. The van der Waals surface area contributed by atoms with Crippen molar-refractivity contribution in [2.45, 2.75) is 148 Å². The minimum absolute atomic E-state index is 0.0135. The molecule has 0 bridgehead atoms. The van der Waals surface area contributed by atoms with Crippen molar-refractivity contribution in [2.75, 3.05) is 46.6 Å². The molecule has 0 saturated carbocycles. The van der Waals surface area contributed by atoms with Crippen molar-refractivity contribution in [1.29, 1.82) is 0 Å². The zero-order valence-electron chi connectivity index (χ0n) is 34.0. The molecule has 0 aromatic rings. The lowest BCUT2D eigenvalue weighted by Gasteiger charge is -2.51. The number of aliphatic hydroxyl groups is 13. The van der Waals surface area contributed by atoms with Crippen LogP contribution in [0, 0.1) is 11.8 Å². The lowest BCUT2D eigenvalue weighted by atomic mass is 9.83. The summed E-state index contributed by atoms with van der Waals surface area (Å²) in [4.78, 5) is 31.1. The molecule has 0 aliphatic carbocycles. The number of rotatable bonds is 20. The molecule has 17 N–H and O–H groups in total. The Kier molecular flexibility index (Phi) is 18.7. The van der Waals surface area contributed by atoms with Gasteiger partial charge in [0.05, 0.1) is 57.5 Å². The predicted molar refractivity (Wildman–Crippen MR) is 195 cm³/mol. The number of carboxylic acid groups (broad SMARTS) is 2. The number of hydrogen-bond acceptors (Lipinski definition) is 25. The Hall–Kier alpha value is -1.98. The van der Waals surface area contributed by atoms with Gasteiger partial charge in [-0.25, -0.2) is 9.59 Å². The number of aliphatic hydroxyl groups excluding tert-OH is 13. The third kappa shape index (κ3) is 10.8. The quantitative estimate of drug-likeness (QED) is 0.0504. The van der Waals surface area contributed by atoms with Crippen LogP contribution in [0.2, 0.25) is 0 Å². The molecule has 62 heavy (non-hydrogen) atoms. The molecule has 362 valence electrons. The number of hydrogen-bond donors (Lipinski definition) is 16. The molecule has 4 aliphatic heterocycles. The number of nitrogens with two attached hydrogens (primary N) is 1. The Labute approximate surface area is 353 Å². The van der Waals surface area contributed by atoms with Crippen LogP contribution in [0.3, 0.4) is 0 Å². The van der Waals surface area contributed by atoms with Crippen LogP contribution in [0.1, 0.15) is 26.7 Å². The maximum absolute atomic E-state index is 13.1. The van der Waals surface area contributed by atoms with Crippen LogP contribution in [-0.4, -0.2) is 262 Å². The Morgan fingerprint density at radius 2 is 1.29 bits per heavy atom. The standard InChI is InChI=1S/C35H62N2O25/c1-12-14(42)6-34(32(51)52,60-26(12)20(45)16(44)8-38)59-18(10-40)22(47)27-13(2)15(43)7-35(61-27,33(53)54)62-29-21(46)17(9-39)57-31(25(29)50)58-28-19(11-41)56-30(24(49)23(28)48)37(3)55-5-4-36/h12-31,38-50H,4-11,36H2,1-3H3,(H,51,52)(H,53,54)/t12-,13-,14?,15?,16-,17?,18-,19?,20-,21+,22-,23-,24?,25?,26-,27-,28-,29+,30-,31+,34-,35+/m1/s1. The lowest BCUT2D eigenvalue weighted by Crippen LogP contribution is -2.69. The highest BCUT2D eigenvalue weighted by atomic mass is 16.8. The number of carboxylic acids is 2. The molecule has 0 spiro atoms. The molecule has 0 radical (unpaired) electrons. The summed E-state index contributed by atoms with van der Waals surface area (Å²) in [6.07, 6.45) is -35.8. The van der Waals surface area contributed by atoms with Gasteiger partial charge in [0.25, 0.3) is 11.6 Å². The first kappa shape index (κ1) is 52.6. The molecular weight excluding hydrogens is 848 g/mol. The van der Waals surface area contributed by atoms with E-state index in [-0.39, 0.29) is 13.2 Å². The first-order valence-electron chi connectivity index (χ1n) is 19.8. The molecule has 22 atom stereocenters. The second kappa shape index (κ2) is 22.0. The van der Waals surface area contributed by atoms with Crippen molar-refractivity contribution in [2.24, 2.45) is 17.6 Å². The van der Waals surface area contributed by atoms with E-state index < -0.39 is 185 Å². The third-order valence-corrected chi connectivity index (χ3v) is 11.7. The molecule has 6 unspecified atom stereocenters. The Morgan fingerprint density at radius 3 is 1.81 bits per heavy atom. The van der Waals surface area contributed by atoms with E-state index in [1.54, 1.807) is 0 Å². The summed E-state index contributed by atoms with van der Waals surface area (Å²) < 4.78 is 39.6. The topological polar surface area (TPSA) is 441 Å².